The molecule has 2 N–H and O–H groups in total. The summed E-state index contributed by atoms with van der Waals surface area (Å²) in [6, 6.07) is 3.80. The van der Waals surface area contributed by atoms with Crippen LogP contribution in [0.5, 0.6) is 5.75 Å². The van der Waals surface area contributed by atoms with E-state index in [9.17, 15) is 4.39 Å². The normalized spacial score (nSPS) is 10.8. The van der Waals surface area contributed by atoms with Crippen LogP contribution >= 0.6 is 0 Å². The molecule has 0 amide bonds. The summed E-state index contributed by atoms with van der Waals surface area (Å²) in [5, 5.41) is 17.8. The number of ether oxygens (including phenoxy) is 2. The summed E-state index contributed by atoms with van der Waals surface area (Å²) < 4.78 is 24.0. The van der Waals surface area contributed by atoms with Crippen LogP contribution in [-0.4, -0.2) is 62.5 Å². The van der Waals surface area contributed by atoms with Gasteiger partial charge in [0.1, 0.15) is 6.61 Å². The van der Waals surface area contributed by atoms with Gasteiger partial charge in [-0.2, -0.15) is 0 Å². The van der Waals surface area contributed by atoms with Crippen molar-refractivity contribution in [2.45, 2.75) is 0 Å². The molecule has 0 saturated heterocycles. The van der Waals surface area contributed by atoms with E-state index in [4.69, 9.17) is 19.5 Å². The first-order valence-corrected chi connectivity index (χ1v) is 6.01. The lowest BCUT2D eigenvalue weighted by Gasteiger charge is -2.11. The highest BCUT2D eigenvalue weighted by Crippen LogP contribution is 2.14. The van der Waals surface area contributed by atoms with E-state index in [2.05, 4.69) is 0 Å². The molecule has 1 aromatic carbocycles. The molecule has 5 nitrogen and oxygen atoms in total. The summed E-state index contributed by atoms with van der Waals surface area (Å²) in [5.74, 6) is -0.556. The molecule has 0 saturated carbocycles. The Kier molecular flexibility index (Phi) is 6.79. The molecule has 0 spiro atoms. The largest absolute Gasteiger partial charge is 0.488 e. The van der Waals surface area contributed by atoms with Crippen molar-refractivity contribution in [1.82, 2.24) is 4.90 Å². The van der Waals surface area contributed by atoms with E-state index in [0.717, 1.165) is 12.6 Å². The number of nitrogens with zero attached hydrogens (tertiary/aromatic N) is 1. The van der Waals surface area contributed by atoms with Crippen molar-refractivity contribution in [3.63, 3.8) is 0 Å². The minimum absolute atomic E-state index is 0.0700. The van der Waals surface area contributed by atoms with Crippen LogP contribution in [0.1, 0.15) is 0 Å². The number of likely N-dealkylation sites (N-methyl/N-ethyl adjacent to an activating group) is 1. The van der Waals surface area contributed by atoms with Gasteiger partial charge in [-0.25, -0.2) is 4.39 Å². The molecular formula is C12H19BFNO4. The van der Waals surface area contributed by atoms with Crippen LogP contribution in [0, 0.1) is 5.82 Å². The third-order valence-electron chi connectivity index (χ3n) is 2.42. The van der Waals surface area contributed by atoms with E-state index in [-0.39, 0.29) is 17.8 Å². The van der Waals surface area contributed by atoms with E-state index < -0.39 is 12.9 Å². The molecule has 0 heterocycles. The highest BCUT2D eigenvalue weighted by Gasteiger charge is 2.13. The van der Waals surface area contributed by atoms with Crippen molar-refractivity contribution in [2.24, 2.45) is 0 Å². The predicted molar refractivity (Wildman–Crippen MR) is 71.1 cm³/mol. The van der Waals surface area contributed by atoms with Gasteiger partial charge in [-0.15, -0.1) is 0 Å². The highest BCUT2D eigenvalue weighted by molar-refractivity contribution is 6.58. The maximum Gasteiger partial charge on any atom is 0.488 e. The molecule has 0 aliphatic rings. The molecule has 19 heavy (non-hydrogen) atoms. The second kappa shape index (κ2) is 8.11. The lowest BCUT2D eigenvalue weighted by molar-refractivity contribution is 0.0878. The standard InChI is InChI=1S/C12H19BFNO4/c1-15(2)5-6-18-7-8-19-12-4-3-10(13(16)17)9-11(12)14/h3-4,9,16-17H,5-8H2,1-2H3. The Morgan fingerprint density at radius 3 is 2.53 bits per heavy atom. The first-order chi connectivity index (χ1) is 9.00. The molecule has 7 heteroatoms. The number of hydrogen-bond acceptors (Lipinski definition) is 5. The third kappa shape index (κ3) is 6.02. The van der Waals surface area contributed by atoms with Crippen molar-refractivity contribution >= 4 is 12.6 Å². The molecule has 1 aromatic rings. The second-order valence-electron chi connectivity index (χ2n) is 4.33. The molecular weight excluding hydrogens is 252 g/mol. The molecule has 0 fully saturated rings. The Labute approximate surface area is 112 Å². The molecule has 0 atom stereocenters. The van der Waals surface area contributed by atoms with Crippen LogP contribution in [0.15, 0.2) is 18.2 Å². The predicted octanol–water partition coefficient (Wildman–Crippen LogP) is -0.538. The minimum atomic E-state index is -1.68. The molecule has 0 unspecified atom stereocenters. The van der Waals surface area contributed by atoms with Crippen LogP contribution < -0.4 is 10.2 Å². The van der Waals surface area contributed by atoms with Crippen LogP contribution in [0.3, 0.4) is 0 Å². The Hall–Kier alpha value is -1.15. The smallest absolute Gasteiger partial charge is 0.488 e. The fourth-order valence-corrected chi connectivity index (χ4v) is 1.35. The molecule has 1 rings (SSSR count). The molecule has 0 aromatic heterocycles. The summed E-state index contributed by atoms with van der Waals surface area (Å²) >= 11 is 0. The van der Waals surface area contributed by atoms with Crippen molar-refractivity contribution < 1.29 is 23.9 Å². The lowest BCUT2D eigenvalue weighted by Crippen LogP contribution is -2.30. The highest BCUT2D eigenvalue weighted by atomic mass is 19.1. The lowest BCUT2D eigenvalue weighted by atomic mass is 9.80. The van der Waals surface area contributed by atoms with Gasteiger partial charge in [0, 0.05) is 6.54 Å². The number of benzene rings is 1. The van der Waals surface area contributed by atoms with Crippen LogP contribution in [-0.2, 0) is 4.74 Å². The quantitative estimate of drug-likeness (QED) is 0.491. The van der Waals surface area contributed by atoms with Gasteiger partial charge >= 0.3 is 7.12 Å². The molecule has 0 bridgehead atoms. The Bertz CT molecular complexity index is 390. The first kappa shape index (κ1) is 15.9. The average molecular weight is 271 g/mol. The van der Waals surface area contributed by atoms with E-state index >= 15 is 0 Å². The van der Waals surface area contributed by atoms with Gasteiger partial charge in [0.15, 0.2) is 11.6 Å². The number of hydrogen-bond donors (Lipinski definition) is 2. The topological polar surface area (TPSA) is 62.2 Å². The van der Waals surface area contributed by atoms with Gasteiger partial charge in [0.2, 0.25) is 0 Å². The van der Waals surface area contributed by atoms with Gasteiger partial charge in [-0.3, -0.25) is 0 Å². The van der Waals surface area contributed by atoms with Crippen molar-refractivity contribution in [3.8, 4) is 5.75 Å². The monoisotopic (exact) mass is 271 g/mol. The molecule has 0 aliphatic carbocycles. The Morgan fingerprint density at radius 2 is 1.95 bits per heavy atom. The summed E-state index contributed by atoms with van der Waals surface area (Å²) in [7, 11) is 2.22. The second-order valence-corrected chi connectivity index (χ2v) is 4.33. The molecule has 0 radical (unpaired) electrons. The van der Waals surface area contributed by atoms with E-state index in [0.29, 0.717) is 13.2 Å². The fraction of sp³-hybridized carbons (Fsp3) is 0.500. The summed E-state index contributed by atoms with van der Waals surface area (Å²) in [5.41, 5.74) is 0.0899. The maximum absolute atomic E-state index is 13.5. The van der Waals surface area contributed by atoms with Crippen LogP contribution in [0.4, 0.5) is 4.39 Å². The number of rotatable bonds is 8. The van der Waals surface area contributed by atoms with Crippen LogP contribution in [0.2, 0.25) is 0 Å². The van der Waals surface area contributed by atoms with E-state index in [1.807, 2.05) is 19.0 Å². The van der Waals surface area contributed by atoms with E-state index in [1.165, 1.54) is 12.1 Å². The zero-order valence-electron chi connectivity index (χ0n) is 11.2. The van der Waals surface area contributed by atoms with Gasteiger partial charge in [0.05, 0.1) is 13.2 Å². The summed E-state index contributed by atoms with van der Waals surface area (Å²) in [6.07, 6.45) is 0. The zero-order valence-corrected chi connectivity index (χ0v) is 11.2. The summed E-state index contributed by atoms with van der Waals surface area (Å²) in [4.78, 5) is 2.00. The fourth-order valence-electron chi connectivity index (χ4n) is 1.35. The first-order valence-electron chi connectivity index (χ1n) is 6.01. The van der Waals surface area contributed by atoms with Crippen molar-refractivity contribution in [3.05, 3.63) is 24.0 Å². The zero-order chi connectivity index (χ0) is 14.3. The minimum Gasteiger partial charge on any atom is -0.488 e. The Morgan fingerprint density at radius 1 is 1.21 bits per heavy atom. The van der Waals surface area contributed by atoms with Crippen molar-refractivity contribution in [2.75, 3.05) is 40.5 Å². The SMILES string of the molecule is CN(C)CCOCCOc1ccc(B(O)O)cc1F. The van der Waals surface area contributed by atoms with Gasteiger partial charge in [-0.1, -0.05) is 6.07 Å². The third-order valence-corrected chi connectivity index (χ3v) is 2.42. The summed E-state index contributed by atoms with van der Waals surface area (Å²) in [6.45, 7) is 2.02. The van der Waals surface area contributed by atoms with Gasteiger partial charge in [0.25, 0.3) is 0 Å². The Balaban J connectivity index is 2.30. The molecule has 0 aliphatic heterocycles. The molecule has 106 valence electrons. The maximum atomic E-state index is 13.5. The average Bonchev–Trinajstić information content (AvgIpc) is 2.34. The van der Waals surface area contributed by atoms with Gasteiger partial charge < -0.3 is 24.4 Å². The number of halogens is 1. The van der Waals surface area contributed by atoms with E-state index in [1.54, 1.807) is 0 Å². The van der Waals surface area contributed by atoms with Gasteiger partial charge in [-0.05, 0) is 31.7 Å². The van der Waals surface area contributed by atoms with Crippen LogP contribution in [0.25, 0.3) is 0 Å². The van der Waals surface area contributed by atoms with Crippen molar-refractivity contribution in [1.29, 1.82) is 0 Å².